The monoisotopic (exact) mass is 571 g/mol. The molecule has 1 N–H and O–H groups in total. The van der Waals surface area contributed by atoms with Crippen LogP contribution < -0.4 is 14.4 Å². The maximum Gasteiger partial charge on any atom is 0.264 e. The quantitative estimate of drug-likeness (QED) is 0.334. The summed E-state index contributed by atoms with van der Waals surface area (Å²) in [5, 5.41) is 3.31. The van der Waals surface area contributed by atoms with Crippen LogP contribution in [0.1, 0.15) is 32.8 Å². The van der Waals surface area contributed by atoms with E-state index in [-0.39, 0.29) is 29.1 Å². The topological polar surface area (TPSA) is 96.0 Å². The van der Waals surface area contributed by atoms with Crippen molar-refractivity contribution in [1.29, 1.82) is 0 Å². The van der Waals surface area contributed by atoms with E-state index in [1.54, 1.807) is 61.7 Å². The number of rotatable bonds is 12. The Balaban J connectivity index is 2.04. The van der Waals surface area contributed by atoms with E-state index in [1.807, 2.05) is 32.9 Å². The maximum atomic E-state index is 14.0. The third kappa shape index (κ3) is 7.74. The summed E-state index contributed by atoms with van der Waals surface area (Å²) in [6, 6.07) is 20.3. The number of nitrogens with one attached hydrogen (secondary N) is 1. The van der Waals surface area contributed by atoms with E-state index in [1.165, 1.54) is 17.0 Å². The molecule has 0 radical (unpaired) electrons. The molecular formula is C29H34ClN3O5S. The van der Waals surface area contributed by atoms with Crippen molar-refractivity contribution in [2.75, 3.05) is 18.0 Å². The number of hydrogen-bond acceptors (Lipinski definition) is 5. The molecule has 39 heavy (non-hydrogen) atoms. The third-order valence-corrected chi connectivity index (χ3v) is 8.09. The van der Waals surface area contributed by atoms with Crippen LogP contribution >= 0.6 is 11.6 Å². The zero-order chi connectivity index (χ0) is 28.6. The molecule has 10 heteroatoms. The lowest BCUT2D eigenvalue weighted by atomic mass is 10.1. The predicted molar refractivity (Wildman–Crippen MR) is 153 cm³/mol. The molecule has 8 nitrogen and oxygen atoms in total. The van der Waals surface area contributed by atoms with Crippen molar-refractivity contribution in [2.45, 2.75) is 50.7 Å². The number of carbonyl (C=O) groups excluding carboxylic acids is 2. The number of sulfonamides is 1. The molecule has 0 fully saturated rings. The molecule has 0 aromatic heterocycles. The van der Waals surface area contributed by atoms with E-state index in [0.29, 0.717) is 17.2 Å². The molecule has 0 unspecified atom stereocenters. The first-order valence-electron chi connectivity index (χ1n) is 12.6. The van der Waals surface area contributed by atoms with Gasteiger partial charge in [-0.05, 0) is 74.4 Å². The van der Waals surface area contributed by atoms with Gasteiger partial charge in [-0.3, -0.25) is 13.9 Å². The van der Waals surface area contributed by atoms with Gasteiger partial charge >= 0.3 is 0 Å². The molecule has 2 amide bonds. The lowest BCUT2D eigenvalue weighted by Gasteiger charge is -2.33. The van der Waals surface area contributed by atoms with Crippen molar-refractivity contribution in [3.63, 3.8) is 0 Å². The van der Waals surface area contributed by atoms with Crippen molar-refractivity contribution in [2.24, 2.45) is 0 Å². The first-order valence-corrected chi connectivity index (χ1v) is 14.4. The molecule has 0 aliphatic carbocycles. The number of nitrogens with zero attached hydrogens (tertiary/aromatic N) is 2. The fourth-order valence-corrected chi connectivity index (χ4v) is 5.64. The van der Waals surface area contributed by atoms with Gasteiger partial charge in [-0.1, -0.05) is 48.9 Å². The lowest BCUT2D eigenvalue weighted by Crippen LogP contribution is -2.53. The summed E-state index contributed by atoms with van der Waals surface area (Å²) in [4.78, 5) is 28.6. The first kappa shape index (κ1) is 30.0. The summed E-state index contributed by atoms with van der Waals surface area (Å²) < 4.78 is 33.8. The van der Waals surface area contributed by atoms with Gasteiger partial charge < -0.3 is 15.0 Å². The molecular weight excluding hydrogens is 538 g/mol. The molecule has 3 aromatic rings. The maximum absolute atomic E-state index is 14.0. The van der Waals surface area contributed by atoms with Gasteiger partial charge in [-0.15, -0.1) is 0 Å². The average Bonchev–Trinajstić information content (AvgIpc) is 2.92. The van der Waals surface area contributed by atoms with Crippen LogP contribution in [-0.4, -0.2) is 50.9 Å². The number of amides is 2. The van der Waals surface area contributed by atoms with Crippen molar-refractivity contribution in [3.05, 3.63) is 89.4 Å². The van der Waals surface area contributed by atoms with E-state index in [9.17, 15) is 18.0 Å². The Labute approximate surface area is 235 Å². The minimum absolute atomic E-state index is 0.0408. The standard InChI is InChI=1S/C29H34ClN3O5S/c1-5-27(29(35)31-21(2)3)32(19-22-11-17-25(38-4)18-12-22)28(34)20-33(24-15-13-23(30)14-16-24)39(36,37)26-9-7-6-8-10-26/h6-18,21,27H,5,19-20H2,1-4H3,(H,31,35)/t27-/m1/s1. The van der Waals surface area contributed by atoms with E-state index in [4.69, 9.17) is 16.3 Å². The smallest absolute Gasteiger partial charge is 0.264 e. The van der Waals surface area contributed by atoms with Gasteiger partial charge in [0, 0.05) is 17.6 Å². The van der Waals surface area contributed by atoms with Gasteiger partial charge in [-0.2, -0.15) is 0 Å². The van der Waals surface area contributed by atoms with Crippen LogP contribution in [0.25, 0.3) is 0 Å². The van der Waals surface area contributed by atoms with Gasteiger partial charge in [0.25, 0.3) is 10.0 Å². The molecule has 0 spiro atoms. The van der Waals surface area contributed by atoms with Crippen LogP contribution in [0.5, 0.6) is 5.75 Å². The van der Waals surface area contributed by atoms with Crippen LogP contribution in [-0.2, 0) is 26.2 Å². The Kier molecular flexibility index (Phi) is 10.4. The normalized spacial score (nSPS) is 12.1. The Bertz CT molecular complexity index is 1350. The Morgan fingerprint density at radius 1 is 0.949 bits per heavy atom. The Morgan fingerprint density at radius 2 is 1.56 bits per heavy atom. The average molecular weight is 572 g/mol. The minimum atomic E-state index is -4.12. The highest BCUT2D eigenvalue weighted by Gasteiger charge is 2.33. The molecule has 3 rings (SSSR count). The van der Waals surface area contributed by atoms with Gasteiger partial charge in [0.05, 0.1) is 17.7 Å². The van der Waals surface area contributed by atoms with Crippen molar-refractivity contribution >= 4 is 39.1 Å². The highest BCUT2D eigenvalue weighted by molar-refractivity contribution is 7.92. The fraction of sp³-hybridized carbons (Fsp3) is 0.310. The third-order valence-electron chi connectivity index (χ3n) is 6.05. The van der Waals surface area contributed by atoms with Gasteiger partial charge in [0.15, 0.2) is 0 Å². The summed E-state index contributed by atoms with van der Waals surface area (Å²) in [6.45, 7) is 5.09. The number of ether oxygens (including phenoxy) is 1. The number of benzene rings is 3. The van der Waals surface area contributed by atoms with Gasteiger partial charge in [0.1, 0.15) is 18.3 Å². The second-order valence-corrected chi connectivity index (χ2v) is 11.6. The molecule has 0 aliphatic rings. The van der Waals surface area contributed by atoms with Crippen LogP contribution in [0.2, 0.25) is 5.02 Å². The van der Waals surface area contributed by atoms with Crippen LogP contribution in [0.15, 0.2) is 83.8 Å². The van der Waals surface area contributed by atoms with Crippen molar-refractivity contribution in [3.8, 4) is 5.75 Å². The van der Waals surface area contributed by atoms with Crippen LogP contribution in [0.4, 0.5) is 5.69 Å². The zero-order valence-electron chi connectivity index (χ0n) is 22.5. The first-order chi connectivity index (χ1) is 18.6. The van der Waals surface area contributed by atoms with E-state index < -0.39 is 28.5 Å². The highest BCUT2D eigenvalue weighted by atomic mass is 35.5. The van der Waals surface area contributed by atoms with Crippen molar-refractivity contribution in [1.82, 2.24) is 10.2 Å². The number of methoxy groups -OCH3 is 1. The summed E-state index contributed by atoms with van der Waals surface area (Å²) >= 11 is 6.06. The van der Waals surface area contributed by atoms with Gasteiger partial charge in [-0.25, -0.2) is 8.42 Å². The SMILES string of the molecule is CC[C@H](C(=O)NC(C)C)N(Cc1ccc(OC)cc1)C(=O)CN(c1ccc(Cl)cc1)S(=O)(=O)c1ccccc1. The highest BCUT2D eigenvalue weighted by Crippen LogP contribution is 2.26. The molecule has 1 atom stereocenters. The number of halogens is 1. The second kappa shape index (κ2) is 13.5. The molecule has 3 aromatic carbocycles. The molecule has 0 heterocycles. The summed E-state index contributed by atoms with van der Waals surface area (Å²) in [6.07, 6.45) is 0.340. The van der Waals surface area contributed by atoms with E-state index in [0.717, 1.165) is 9.87 Å². The largest absolute Gasteiger partial charge is 0.497 e. The van der Waals surface area contributed by atoms with Crippen LogP contribution in [0.3, 0.4) is 0 Å². The number of carbonyl (C=O) groups is 2. The van der Waals surface area contributed by atoms with E-state index in [2.05, 4.69) is 5.32 Å². The molecule has 0 saturated carbocycles. The minimum Gasteiger partial charge on any atom is -0.497 e. The molecule has 0 bridgehead atoms. The van der Waals surface area contributed by atoms with Crippen LogP contribution in [0, 0.1) is 0 Å². The Hall–Kier alpha value is -3.56. The fourth-order valence-electron chi connectivity index (χ4n) is 4.08. The zero-order valence-corrected chi connectivity index (χ0v) is 24.1. The summed E-state index contributed by atoms with van der Waals surface area (Å²) in [5.41, 5.74) is 1.05. The molecule has 0 saturated heterocycles. The lowest BCUT2D eigenvalue weighted by molar-refractivity contribution is -0.140. The van der Waals surface area contributed by atoms with Crippen molar-refractivity contribution < 1.29 is 22.7 Å². The second-order valence-electron chi connectivity index (χ2n) is 9.26. The number of hydrogen-bond donors (Lipinski definition) is 1. The molecule has 208 valence electrons. The summed E-state index contributed by atoms with van der Waals surface area (Å²) in [5.74, 6) is -0.173. The summed E-state index contributed by atoms with van der Waals surface area (Å²) in [7, 11) is -2.56. The Morgan fingerprint density at radius 3 is 2.10 bits per heavy atom. The number of anilines is 1. The molecule has 0 aliphatic heterocycles. The predicted octanol–water partition coefficient (Wildman–Crippen LogP) is 4.88. The van der Waals surface area contributed by atoms with Gasteiger partial charge in [0.2, 0.25) is 11.8 Å². The van der Waals surface area contributed by atoms with E-state index >= 15 is 0 Å².